The standard InChI is InChI=1S/C20H23N3S/c1-13-4-6-16(7-5-13)8-9-20-22-17-10-14(2)15(3)11-18(17)23(20)12-19(21)24/h4-7,10-11H,8-9,12H2,1-3H3,(H2,21,24). The molecule has 0 unspecified atom stereocenters. The van der Waals surface area contributed by atoms with E-state index in [0.717, 1.165) is 29.7 Å². The molecule has 0 radical (unpaired) electrons. The van der Waals surface area contributed by atoms with Gasteiger partial charge >= 0.3 is 0 Å². The highest BCUT2D eigenvalue weighted by Crippen LogP contribution is 2.22. The first-order chi connectivity index (χ1) is 11.4. The van der Waals surface area contributed by atoms with Crippen molar-refractivity contribution in [1.29, 1.82) is 0 Å². The average Bonchev–Trinajstić information content (AvgIpc) is 2.84. The van der Waals surface area contributed by atoms with Gasteiger partial charge in [0.05, 0.1) is 22.6 Å². The summed E-state index contributed by atoms with van der Waals surface area (Å²) in [5.74, 6) is 1.04. The van der Waals surface area contributed by atoms with Gasteiger partial charge < -0.3 is 10.3 Å². The number of nitrogens with two attached hydrogens (primary N) is 1. The summed E-state index contributed by atoms with van der Waals surface area (Å²) in [6.07, 6.45) is 1.83. The highest BCUT2D eigenvalue weighted by molar-refractivity contribution is 7.80. The molecule has 24 heavy (non-hydrogen) atoms. The van der Waals surface area contributed by atoms with E-state index in [9.17, 15) is 0 Å². The number of hydrogen-bond acceptors (Lipinski definition) is 2. The Bertz CT molecular complexity index is 891. The van der Waals surface area contributed by atoms with Crippen LogP contribution in [0.1, 0.15) is 28.1 Å². The molecule has 0 aliphatic carbocycles. The van der Waals surface area contributed by atoms with Gasteiger partial charge in [-0.2, -0.15) is 0 Å². The van der Waals surface area contributed by atoms with Crippen molar-refractivity contribution in [3.05, 3.63) is 64.5 Å². The molecule has 0 bridgehead atoms. The Morgan fingerprint density at radius 2 is 1.71 bits per heavy atom. The van der Waals surface area contributed by atoms with E-state index in [2.05, 4.69) is 61.7 Å². The largest absolute Gasteiger partial charge is 0.392 e. The predicted molar refractivity (Wildman–Crippen MR) is 105 cm³/mol. The number of hydrogen-bond donors (Lipinski definition) is 1. The van der Waals surface area contributed by atoms with Gasteiger partial charge in [-0.3, -0.25) is 0 Å². The third-order valence-electron chi connectivity index (χ3n) is 4.51. The van der Waals surface area contributed by atoms with E-state index in [0.29, 0.717) is 11.5 Å². The van der Waals surface area contributed by atoms with Gasteiger partial charge in [-0.1, -0.05) is 42.0 Å². The molecule has 1 aromatic heterocycles. The first kappa shape index (κ1) is 16.7. The number of aromatic nitrogens is 2. The minimum absolute atomic E-state index is 0.490. The Morgan fingerprint density at radius 1 is 1.04 bits per heavy atom. The molecule has 0 amide bonds. The van der Waals surface area contributed by atoms with Crippen molar-refractivity contribution in [3.8, 4) is 0 Å². The second-order valence-electron chi connectivity index (χ2n) is 6.49. The first-order valence-corrected chi connectivity index (χ1v) is 8.65. The lowest BCUT2D eigenvalue weighted by molar-refractivity contribution is 0.760. The molecule has 0 fully saturated rings. The summed E-state index contributed by atoms with van der Waals surface area (Å²) in [6, 6.07) is 13.0. The number of thiocarbonyl (C=S) groups is 1. The van der Waals surface area contributed by atoms with Crippen LogP contribution in [-0.2, 0) is 19.4 Å². The minimum atomic E-state index is 0.490. The highest BCUT2D eigenvalue weighted by atomic mass is 32.1. The van der Waals surface area contributed by atoms with Crippen molar-refractivity contribution in [2.24, 2.45) is 5.73 Å². The first-order valence-electron chi connectivity index (χ1n) is 8.24. The maximum absolute atomic E-state index is 5.82. The van der Waals surface area contributed by atoms with Gasteiger partial charge in [0.2, 0.25) is 0 Å². The fourth-order valence-electron chi connectivity index (χ4n) is 2.96. The maximum atomic E-state index is 5.82. The molecular formula is C20H23N3S. The second kappa shape index (κ2) is 6.73. The van der Waals surface area contributed by atoms with Gasteiger partial charge in [-0.05, 0) is 56.0 Å². The third-order valence-corrected chi connectivity index (χ3v) is 4.64. The number of imidazole rings is 1. The summed E-state index contributed by atoms with van der Waals surface area (Å²) >= 11 is 5.15. The molecule has 2 aromatic carbocycles. The number of nitrogens with zero attached hydrogens (tertiary/aromatic N) is 2. The zero-order chi connectivity index (χ0) is 17.3. The van der Waals surface area contributed by atoms with Gasteiger partial charge in [0.15, 0.2) is 0 Å². The molecule has 0 saturated heterocycles. The Morgan fingerprint density at radius 3 is 2.38 bits per heavy atom. The molecule has 0 atom stereocenters. The molecular weight excluding hydrogens is 314 g/mol. The van der Waals surface area contributed by atoms with Crippen LogP contribution < -0.4 is 5.73 Å². The van der Waals surface area contributed by atoms with Crippen molar-refractivity contribution >= 4 is 28.2 Å². The Kier molecular flexibility index (Phi) is 4.67. The van der Waals surface area contributed by atoms with E-state index in [1.165, 1.54) is 22.3 Å². The topological polar surface area (TPSA) is 43.8 Å². The summed E-state index contributed by atoms with van der Waals surface area (Å²) < 4.78 is 2.16. The molecule has 4 heteroatoms. The second-order valence-corrected chi connectivity index (χ2v) is 7.02. The van der Waals surface area contributed by atoms with Crippen molar-refractivity contribution in [2.75, 3.05) is 0 Å². The van der Waals surface area contributed by atoms with Crippen molar-refractivity contribution in [1.82, 2.24) is 9.55 Å². The normalized spacial score (nSPS) is 11.1. The number of fused-ring (bicyclic) bond motifs is 1. The van der Waals surface area contributed by atoms with Crippen molar-refractivity contribution in [3.63, 3.8) is 0 Å². The SMILES string of the molecule is Cc1ccc(CCc2nc3cc(C)c(C)cc3n2CC(N)=S)cc1. The van der Waals surface area contributed by atoms with Crippen LogP contribution in [0, 0.1) is 20.8 Å². The Labute approximate surface area is 148 Å². The molecule has 0 saturated carbocycles. The molecule has 3 rings (SSSR count). The van der Waals surface area contributed by atoms with E-state index in [1.54, 1.807) is 0 Å². The maximum Gasteiger partial charge on any atom is 0.110 e. The van der Waals surface area contributed by atoms with E-state index >= 15 is 0 Å². The number of rotatable bonds is 5. The molecule has 3 nitrogen and oxygen atoms in total. The summed E-state index contributed by atoms with van der Waals surface area (Å²) in [4.78, 5) is 5.34. The van der Waals surface area contributed by atoms with Crippen molar-refractivity contribution in [2.45, 2.75) is 40.2 Å². The molecule has 0 aliphatic rings. The summed E-state index contributed by atoms with van der Waals surface area (Å²) in [5.41, 5.74) is 13.1. The number of benzene rings is 2. The van der Waals surface area contributed by atoms with Gasteiger partial charge in [-0.15, -0.1) is 0 Å². The predicted octanol–water partition coefficient (Wildman–Crippen LogP) is 4.03. The molecule has 0 spiro atoms. The van der Waals surface area contributed by atoms with Gasteiger partial charge in [0.25, 0.3) is 0 Å². The van der Waals surface area contributed by atoms with Crippen LogP contribution in [0.3, 0.4) is 0 Å². The van der Waals surface area contributed by atoms with E-state index in [1.807, 2.05) is 0 Å². The van der Waals surface area contributed by atoms with Crippen LogP contribution in [0.15, 0.2) is 36.4 Å². The average molecular weight is 337 g/mol. The Balaban J connectivity index is 1.96. The monoisotopic (exact) mass is 337 g/mol. The van der Waals surface area contributed by atoms with Crippen LogP contribution >= 0.6 is 12.2 Å². The van der Waals surface area contributed by atoms with Crippen LogP contribution in [0.4, 0.5) is 0 Å². The van der Waals surface area contributed by atoms with E-state index in [4.69, 9.17) is 22.9 Å². The molecule has 0 aliphatic heterocycles. The van der Waals surface area contributed by atoms with E-state index < -0.39 is 0 Å². The Hall–Kier alpha value is -2.20. The lowest BCUT2D eigenvalue weighted by atomic mass is 10.1. The summed E-state index contributed by atoms with van der Waals surface area (Å²) in [7, 11) is 0. The zero-order valence-electron chi connectivity index (χ0n) is 14.5. The number of aryl methyl sites for hydroxylation is 5. The summed E-state index contributed by atoms with van der Waals surface area (Å²) in [6.45, 7) is 6.89. The fourth-order valence-corrected chi connectivity index (χ4v) is 3.09. The summed E-state index contributed by atoms with van der Waals surface area (Å²) in [5, 5.41) is 0. The van der Waals surface area contributed by atoms with E-state index in [-0.39, 0.29) is 0 Å². The highest BCUT2D eigenvalue weighted by Gasteiger charge is 2.13. The quantitative estimate of drug-likeness (QED) is 0.715. The van der Waals surface area contributed by atoms with Crippen molar-refractivity contribution < 1.29 is 0 Å². The molecule has 1 heterocycles. The molecule has 2 N–H and O–H groups in total. The third kappa shape index (κ3) is 3.49. The minimum Gasteiger partial charge on any atom is -0.392 e. The van der Waals surface area contributed by atoms with Gasteiger partial charge in [-0.25, -0.2) is 4.98 Å². The fraction of sp³-hybridized carbons (Fsp3) is 0.300. The van der Waals surface area contributed by atoms with Crippen LogP contribution in [0.2, 0.25) is 0 Å². The van der Waals surface area contributed by atoms with Gasteiger partial charge in [0, 0.05) is 6.42 Å². The molecule has 124 valence electrons. The van der Waals surface area contributed by atoms with Gasteiger partial charge in [0.1, 0.15) is 5.82 Å². The lowest BCUT2D eigenvalue weighted by Gasteiger charge is -2.09. The lowest BCUT2D eigenvalue weighted by Crippen LogP contribution is -2.18. The van der Waals surface area contributed by atoms with Crippen LogP contribution in [0.25, 0.3) is 11.0 Å². The smallest absolute Gasteiger partial charge is 0.110 e. The van der Waals surface area contributed by atoms with Crippen LogP contribution in [-0.4, -0.2) is 14.5 Å². The molecule has 3 aromatic rings. The van der Waals surface area contributed by atoms with Crippen LogP contribution in [0.5, 0.6) is 0 Å². The zero-order valence-corrected chi connectivity index (χ0v) is 15.3.